The lowest BCUT2D eigenvalue weighted by Crippen LogP contribution is -2.60. The number of nitrogens with two attached hydrogens (primary N) is 1. The maximum Gasteiger partial charge on any atom is 0.262 e. The summed E-state index contributed by atoms with van der Waals surface area (Å²) in [6.07, 6.45) is 3.59. The lowest BCUT2D eigenvalue weighted by Gasteiger charge is -2.32. The highest BCUT2D eigenvalue weighted by molar-refractivity contribution is 6.20. The van der Waals surface area contributed by atoms with Crippen LogP contribution in [0.5, 0.6) is 0 Å². The molecule has 0 aromatic carbocycles. The summed E-state index contributed by atoms with van der Waals surface area (Å²) in [6.45, 7) is 3.14. The molecule has 1 fully saturated rings. The average Bonchev–Trinajstić information content (AvgIpc) is 2.63. The second kappa shape index (κ2) is 3.38. The van der Waals surface area contributed by atoms with Crippen LogP contribution in [-0.4, -0.2) is 23.2 Å². The third-order valence-electron chi connectivity index (χ3n) is 3.51. The van der Waals surface area contributed by atoms with Crippen LogP contribution < -0.4 is 11.1 Å². The Labute approximate surface area is 94.5 Å². The van der Waals surface area contributed by atoms with Gasteiger partial charge in [-0.25, -0.2) is 0 Å². The summed E-state index contributed by atoms with van der Waals surface area (Å²) in [5.41, 5.74) is 4.47. The normalized spacial score (nSPS) is 27.6. The Kier molecular flexibility index (Phi) is 2.38. The average molecular weight is 223 g/mol. The van der Waals surface area contributed by atoms with E-state index < -0.39 is 16.9 Å². The van der Waals surface area contributed by atoms with Crippen LogP contribution in [0.2, 0.25) is 0 Å². The lowest BCUT2D eigenvalue weighted by atomic mass is 9.87. The number of rotatable bonds is 1. The highest BCUT2D eigenvalue weighted by Gasteiger charge is 2.45. The van der Waals surface area contributed by atoms with Crippen molar-refractivity contribution in [2.24, 2.45) is 16.1 Å². The van der Waals surface area contributed by atoms with Gasteiger partial charge >= 0.3 is 0 Å². The Morgan fingerprint density at radius 2 is 1.81 bits per heavy atom. The largest absolute Gasteiger partial charge is 0.319 e. The Morgan fingerprint density at radius 3 is 2.31 bits per heavy atom. The predicted octanol–water partition coefficient (Wildman–Crippen LogP) is 0.339. The molecule has 1 heterocycles. The van der Waals surface area contributed by atoms with Gasteiger partial charge in [0, 0.05) is 0 Å². The fourth-order valence-electron chi connectivity index (χ4n) is 2.11. The third-order valence-corrected chi connectivity index (χ3v) is 3.51. The van der Waals surface area contributed by atoms with Gasteiger partial charge in [0.1, 0.15) is 11.3 Å². The Balaban J connectivity index is 2.32. The van der Waals surface area contributed by atoms with Crippen molar-refractivity contribution in [2.45, 2.75) is 45.1 Å². The van der Waals surface area contributed by atoms with E-state index in [0.29, 0.717) is 5.84 Å². The van der Waals surface area contributed by atoms with Crippen molar-refractivity contribution >= 4 is 17.6 Å². The Bertz CT molecular complexity index is 379. The summed E-state index contributed by atoms with van der Waals surface area (Å²) in [7, 11) is 0. The van der Waals surface area contributed by atoms with E-state index in [0.717, 1.165) is 25.7 Å². The van der Waals surface area contributed by atoms with Crippen LogP contribution in [0.4, 0.5) is 0 Å². The molecule has 1 aliphatic heterocycles. The van der Waals surface area contributed by atoms with E-state index >= 15 is 0 Å². The van der Waals surface area contributed by atoms with Crippen LogP contribution in [0.25, 0.3) is 0 Å². The molecule has 16 heavy (non-hydrogen) atoms. The van der Waals surface area contributed by atoms with Gasteiger partial charge in [0.25, 0.3) is 5.91 Å². The molecular formula is C11H17N3O2. The molecule has 3 N–H and O–H groups in total. The van der Waals surface area contributed by atoms with E-state index in [1.165, 1.54) is 0 Å². The fraction of sp³-hybridized carbons (Fsp3) is 0.727. The summed E-state index contributed by atoms with van der Waals surface area (Å²) in [4.78, 5) is 27.5. The number of nitrogens with zero attached hydrogens (tertiary/aromatic N) is 1. The van der Waals surface area contributed by atoms with Crippen molar-refractivity contribution in [2.75, 3.05) is 0 Å². The number of hydrogen-bond acceptors (Lipinski definition) is 3. The van der Waals surface area contributed by atoms with E-state index in [9.17, 15) is 9.59 Å². The molecule has 1 aliphatic carbocycles. The van der Waals surface area contributed by atoms with Gasteiger partial charge in [-0.1, -0.05) is 12.8 Å². The van der Waals surface area contributed by atoms with Gasteiger partial charge < -0.3 is 11.1 Å². The molecule has 2 rings (SSSR count). The minimum Gasteiger partial charge on any atom is -0.319 e. The summed E-state index contributed by atoms with van der Waals surface area (Å²) in [5.74, 6) is -0.346. The lowest BCUT2D eigenvalue weighted by molar-refractivity contribution is -0.139. The zero-order valence-electron chi connectivity index (χ0n) is 9.67. The summed E-state index contributed by atoms with van der Waals surface area (Å²) in [6, 6.07) is 0. The van der Waals surface area contributed by atoms with Crippen LogP contribution in [0.15, 0.2) is 4.99 Å². The van der Waals surface area contributed by atoms with Gasteiger partial charge in [-0.15, -0.1) is 0 Å². The number of amides is 2. The monoisotopic (exact) mass is 223 g/mol. The van der Waals surface area contributed by atoms with Crippen LogP contribution in [0.3, 0.4) is 0 Å². The smallest absolute Gasteiger partial charge is 0.262 e. The van der Waals surface area contributed by atoms with Crippen LogP contribution >= 0.6 is 0 Å². The number of hydrogen-bond donors (Lipinski definition) is 2. The SMILES string of the molecule is CC1(C)C(=O)N=C(C2(N)CCCC2)NC1=O. The summed E-state index contributed by atoms with van der Waals surface area (Å²) < 4.78 is 0. The molecule has 0 saturated heterocycles. The third kappa shape index (κ3) is 1.55. The molecule has 0 unspecified atom stereocenters. The van der Waals surface area contributed by atoms with Gasteiger partial charge in [0.15, 0.2) is 0 Å². The zero-order chi connectivity index (χ0) is 12.0. The molecule has 0 spiro atoms. The van der Waals surface area contributed by atoms with Crippen molar-refractivity contribution in [1.82, 2.24) is 5.32 Å². The first-order chi connectivity index (χ1) is 7.36. The van der Waals surface area contributed by atoms with Gasteiger partial charge in [0.2, 0.25) is 5.91 Å². The van der Waals surface area contributed by atoms with Gasteiger partial charge in [-0.2, -0.15) is 4.99 Å². The molecule has 0 aromatic heterocycles. The van der Waals surface area contributed by atoms with Crippen molar-refractivity contribution < 1.29 is 9.59 Å². The van der Waals surface area contributed by atoms with Crippen molar-refractivity contribution in [3.8, 4) is 0 Å². The molecule has 0 radical (unpaired) electrons. The molecule has 0 bridgehead atoms. The highest BCUT2D eigenvalue weighted by Crippen LogP contribution is 2.31. The van der Waals surface area contributed by atoms with E-state index in [4.69, 9.17) is 5.73 Å². The first-order valence-corrected chi connectivity index (χ1v) is 5.60. The molecule has 5 nitrogen and oxygen atoms in total. The van der Waals surface area contributed by atoms with E-state index in [1.807, 2.05) is 0 Å². The standard InChI is InChI=1S/C11H17N3O2/c1-10(2)8(15)13-7(14-9(10)16)11(12)5-3-4-6-11/h3-6,12H2,1-2H3,(H,13,14,15,16). The second-order valence-electron chi connectivity index (χ2n) is 5.21. The number of nitrogens with one attached hydrogen (secondary N) is 1. The Morgan fingerprint density at radius 1 is 1.25 bits per heavy atom. The maximum absolute atomic E-state index is 11.8. The molecule has 5 heteroatoms. The van der Waals surface area contributed by atoms with Crippen LogP contribution in [-0.2, 0) is 9.59 Å². The highest BCUT2D eigenvalue weighted by atomic mass is 16.2. The number of carbonyl (C=O) groups excluding carboxylic acids is 2. The summed E-state index contributed by atoms with van der Waals surface area (Å²) >= 11 is 0. The fourth-order valence-corrected chi connectivity index (χ4v) is 2.11. The van der Waals surface area contributed by atoms with Gasteiger partial charge in [-0.3, -0.25) is 9.59 Å². The number of aliphatic imine (C=N–C) groups is 1. The van der Waals surface area contributed by atoms with E-state index in [-0.39, 0.29) is 5.91 Å². The van der Waals surface area contributed by atoms with Crippen molar-refractivity contribution in [3.05, 3.63) is 0 Å². The van der Waals surface area contributed by atoms with Crippen molar-refractivity contribution in [1.29, 1.82) is 0 Å². The molecule has 2 aliphatic rings. The first-order valence-electron chi connectivity index (χ1n) is 5.60. The zero-order valence-corrected chi connectivity index (χ0v) is 9.67. The van der Waals surface area contributed by atoms with E-state index in [1.54, 1.807) is 13.8 Å². The number of amidine groups is 1. The molecule has 0 atom stereocenters. The topological polar surface area (TPSA) is 84.6 Å². The van der Waals surface area contributed by atoms with Crippen LogP contribution in [0, 0.1) is 5.41 Å². The minimum atomic E-state index is -1.07. The van der Waals surface area contributed by atoms with Gasteiger partial charge in [-0.05, 0) is 26.7 Å². The minimum absolute atomic E-state index is 0.306. The summed E-state index contributed by atoms with van der Waals surface area (Å²) in [5, 5.41) is 2.68. The molecule has 0 aromatic rings. The predicted molar refractivity (Wildman–Crippen MR) is 59.8 cm³/mol. The quantitative estimate of drug-likeness (QED) is 0.628. The van der Waals surface area contributed by atoms with Crippen molar-refractivity contribution in [3.63, 3.8) is 0 Å². The second-order valence-corrected chi connectivity index (χ2v) is 5.21. The van der Waals surface area contributed by atoms with E-state index in [2.05, 4.69) is 10.3 Å². The molecular weight excluding hydrogens is 206 g/mol. The Hall–Kier alpha value is -1.23. The van der Waals surface area contributed by atoms with Crippen LogP contribution in [0.1, 0.15) is 39.5 Å². The van der Waals surface area contributed by atoms with Gasteiger partial charge in [0.05, 0.1) is 5.54 Å². The first kappa shape index (κ1) is 11.3. The number of carbonyl (C=O) groups is 2. The molecule has 1 saturated carbocycles. The molecule has 88 valence electrons. The maximum atomic E-state index is 11.8. The molecule has 2 amide bonds.